The molecule has 6 nitrogen and oxygen atoms in total. The zero-order valence-electron chi connectivity index (χ0n) is 13.7. The molecule has 2 N–H and O–H groups in total. The summed E-state index contributed by atoms with van der Waals surface area (Å²) in [6.45, 7) is 2.52. The molecule has 4 rings (SSSR count). The van der Waals surface area contributed by atoms with Gasteiger partial charge in [0.1, 0.15) is 5.69 Å². The van der Waals surface area contributed by atoms with Gasteiger partial charge >= 0.3 is 0 Å². The van der Waals surface area contributed by atoms with Crippen LogP contribution in [-0.2, 0) is 11.3 Å². The molecule has 1 saturated carbocycles. The Morgan fingerprint density at radius 3 is 2.96 bits per heavy atom. The summed E-state index contributed by atoms with van der Waals surface area (Å²) in [6, 6.07) is 6.48. The number of aryl methyl sites for hydroxylation is 1. The third-order valence-electron chi connectivity index (χ3n) is 4.47. The van der Waals surface area contributed by atoms with E-state index in [1.165, 1.54) is 0 Å². The molecular formula is C17H21N5OS. The van der Waals surface area contributed by atoms with Gasteiger partial charge in [-0.05, 0) is 50.8 Å². The lowest BCUT2D eigenvalue weighted by atomic mass is 9.94. The molecule has 1 fully saturated rings. The first kappa shape index (κ1) is 15.7. The molecular weight excluding hydrogens is 322 g/mol. The maximum Gasteiger partial charge on any atom is 0.109 e. The predicted octanol–water partition coefficient (Wildman–Crippen LogP) is 2.97. The average molecular weight is 343 g/mol. The predicted molar refractivity (Wildman–Crippen MR) is 94.3 cm³/mol. The van der Waals surface area contributed by atoms with E-state index >= 15 is 0 Å². The Morgan fingerprint density at radius 1 is 1.29 bits per heavy atom. The van der Waals surface area contributed by atoms with Crippen molar-refractivity contribution in [2.24, 2.45) is 5.73 Å². The molecule has 0 aliphatic heterocycles. The van der Waals surface area contributed by atoms with Gasteiger partial charge in [0.2, 0.25) is 0 Å². The summed E-state index contributed by atoms with van der Waals surface area (Å²) in [5.74, 6) is 0. The number of nitrogens with zero attached hydrogens (tertiary/aromatic N) is 4. The maximum atomic E-state index is 5.96. The second-order valence-electron chi connectivity index (χ2n) is 6.39. The van der Waals surface area contributed by atoms with E-state index in [0.717, 1.165) is 52.3 Å². The third-order valence-corrected chi connectivity index (χ3v) is 5.40. The zero-order valence-corrected chi connectivity index (χ0v) is 14.5. The summed E-state index contributed by atoms with van der Waals surface area (Å²) in [5, 5.41) is 9.53. The fraction of sp³-hybridized carbons (Fsp3) is 0.471. The number of benzene rings is 1. The normalized spacial score (nSPS) is 21.4. The van der Waals surface area contributed by atoms with Crippen molar-refractivity contribution in [3.63, 3.8) is 0 Å². The highest BCUT2D eigenvalue weighted by Gasteiger charge is 2.19. The summed E-state index contributed by atoms with van der Waals surface area (Å²) < 4.78 is 8.92. The minimum Gasteiger partial charge on any atom is -0.372 e. The minimum atomic E-state index is 0.298. The van der Waals surface area contributed by atoms with Crippen LogP contribution in [0.15, 0.2) is 24.4 Å². The van der Waals surface area contributed by atoms with Gasteiger partial charge in [-0.1, -0.05) is 5.21 Å². The van der Waals surface area contributed by atoms with Crippen LogP contribution in [-0.4, -0.2) is 32.1 Å². The van der Waals surface area contributed by atoms with Crippen LogP contribution >= 0.6 is 11.3 Å². The highest BCUT2D eigenvalue weighted by molar-refractivity contribution is 7.18. The molecule has 2 aromatic heterocycles. The number of ether oxygens (including phenoxy) is 1. The standard InChI is InChI=1S/C17H21N5OS/c1-11-19-16-7-4-14(8-17(16)24-11)22-9-13(20-21-22)10-23-15-5-2-12(18)3-6-15/h4,7-9,12,15H,2-3,5-6,10,18H2,1H3. The summed E-state index contributed by atoms with van der Waals surface area (Å²) in [4.78, 5) is 4.48. The zero-order chi connectivity index (χ0) is 16.5. The van der Waals surface area contributed by atoms with E-state index in [-0.39, 0.29) is 0 Å². The SMILES string of the molecule is Cc1nc2ccc(-n3cc(COC4CCC(N)CC4)nn3)cc2s1. The second kappa shape index (κ2) is 6.58. The molecule has 0 atom stereocenters. The number of rotatable bonds is 4. The Labute approximate surface area is 144 Å². The Bertz CT molecular complexity index is 834. The van der Waals surface area contributed by atoms with Crippen molar-refractivity contribution < 1.29 is 4.74 Å². The quantitative estimate of drug-likeness (QED) is 0.788. The second-order valence-corrected chi connectivity index (χ2v) is 7.62. The van der Waals surface area contributed by atoms with E-state index in [0.29, 0.717) is 18.8 Å². The van der Waals surface area contributed by atoms with E-state index < -0.39 is 0 Å². The smallest absolute Gasteiger partial charge is 0.109 e. The molecule has 3 aromatic rings. The van der Waals surface area contributed by atoms with Crippen molar-refractivity contribution in [3.05, 3.63) is 35.1 Å². The van der Waals surface area contributed by atoms with Gasteiger partial charge in [0.05, 0.1) is 39.8 Å². The van der Waals surface area contributed by atoms with Crippen LogP contribution in [0, 0.1) is 6.92 Å². The number of hydrogen-bond donors (Lipinski definition) is 1. The lowest BCUT2D eigenvalue weighted by molar-refractivity contribution is 0.0122. The average Bonchev–Trinajstić information content (AvgIpc) is 3.19. The van der Waals surface area contributed by atoms with Crippen LogP contribution < -0.4 is 5.73 Å². The third kappa shape index (κ3) is 3.33. The van der Waals surface area contributed by atoms with Crippen molar-refractivity contribution in [3.8, 4) is 5.69 Å². The van der Waals surface area contributed by atoms with Crippen LogP contribution in [0.1, 0.15) is 36.4 Å². The molecule has 0 unspecified atom stereocenters. The molecule has 7 heteroatoms. The molecule has 0 saturated heterocycles. The van der Waals surface area contributed by atoms with Crippen molar-refractivity contribution in [1.29, 1.82) is 0 Å². The summed E-state index contributed by atoms with van der Waals surface area (Å²) in [5.41, 5.74) is 8.80. The Morgan fingerprint density at radius 2 is 2.12 bits per heavy atom. The van der Waals surface area contributed by atoms with Crippen LogP contribution in [0.3, 0.4) is 0 Å². The van der Waals surface area contributed by atoms with Gasteiger partial charge in [-0.3, -0.25) is 0 Å². The van der Waals surface area contributed by atoms with Crippen molar-refractivity contribution >= 4 is 21.6 Å². The first-order valence-corrected chi connectivity index (χ1v) is 9.15. The molecule has 1 aliphatic carbocycles. The molecule has 2 heterocycles. The maximum absolute atomic E-state index is 5.96. The monoisotopic (exact) mass is 343 g/mol. The highest BCUT2D eigenvalue weighted by Crippen LogP contribution is 2.24. The van der Waals surface area contributed by atoms with Crippen LogP contribution in [0.5, 0.6) is 0 Å². The Kier molecular flexibility index (Phi) is 4.30. The van der Waals surface area contributed by atoms with E-state index in [4.69, 9.17) is 10.5 Å². The van der Waals surface area contributed by atoms with Gasteiger partial charge in [-0.2, -0.15) is 0 Å². The van der Waals surface area contributed by atoms with Gasteiger partial charge in [0.15, 0.2) is 0 Å². The number of nitrogens with two attached hydrogens (primary N) is 1. The molecule has 126 valence electrons. The van der Waals surface area contributed by atoms with Crippen LogP contribution in [0.2, 0.25) is 0 Å². The first-order valence-electron chi connectivity index (χ1n) is 8.33. The van der Waals surface area contributed by atoms with Crippen molar-refractivity contribution in [2.75, 3.05) is 0 Å². The van der Waals surface area contributed by atoms with Gasteiger partial charge in [-0.15, -0.1) is 16.4 Å². The number of aromatic nitrogens is 4. The molecule has 0 radical (unpaired) electrons. The Hall–Kier alpha value is -1.83. The lowest BCUT2D eigenvalue weighted by Gasteiger charge is -2.25. The summed E-state index contributed by atoms with van der Waals surface area (Å²) >= 11 is 1.69. The topological polar surface area (TPSA) is 78.9 Å². The van der Waals surface area contributed by atoms with Gasteiger partial charge in [0.25, 0.3) is 0 Å². The molecule has 1 aromatic carbocycles. The molecule has 1 aliphatic rings. The molecule has 24 heavy (non-hydrogen) atoms. The van der Waals surface area contributed by atoms with E-state index in [1.807, 2.05) is 25.3 Å². The number of hydrogen-bond acceptors (Lipinski definition) is 6. The van der Waals surface area contributed by atoms with Gasteiger partial charge in [-0.25, -0.2) is 9.67 Å². The van der Waals surface area contributed by atoms with E-state index in [1.54, 1.807) is 16.0 Å². The van der Waals surface area contributed by atoms with E-state index in [9.17, 15) is 0 Å². The molecule has 0 bridgehead atoms. The number of fused-ring (bicyclic) bond motifs is 1. The van der Waals surface area contributed by atoms with Crippen molar-refractivity contribution in [1.82, 2.24) is 20.0 Å². The minimum absolute atomic E-state index is 0.298. The highest BCUT2D eigenvalue weighted by atomic mass is 32.1. The van der Waals surface area contributed by atoms with Gasteiger partial charge < -0.3 is 10.5 Å². The van der Waals surface area contributed by atoms with Gasteiger partial charge in [0, 0.05) is 6.04 Å². The largest absolute Gasteiger partial charge is 0.372 e. The first-order chi connectivity index (χ1) is 11.7. The van der Waals surface area contributed by atoms with E-state index in [2.05, 4.69) is 21.4 Å². The molecule has 0 spiro atoms. The lowest BCUT2D eigenvalue weighted by Crippen LogP contribution is -2.30. The summed E-state index contributed by atoms with van der Waals surface area (Å²) in [6.07, 6.45) is 6.40. The fourth-order valence-corrected chi connectivity index (χ4v) is 3.98. The fourth-order valence-electron chi connectivity index (χ4n) is 3.12. The molecule has 0 amide bonds. The van der Waals surface area contributed by atoms with Crippen LogP contribution in [0.4, 0.5) is 0 Å². The Balaban J connectivity index is 1.43. The summed E-state index contributed by atoms with van der Waals surface area (Å²) in [7, 11) is 0. The van der Waals surface area contributed by atoms with Crippen LogP contribution in [0.25, 0.3) is 15.9 Å². The number of thiazole rings is 1. The van der Waals surface area contributed by atoms with Crippen molar-refractivity contribution in [2.45, 2.75) is 51.4 Å².